The summed E-state index contributed by atoms with van der Waals surface area (Å²) in [7, 11) is 1.63. The molecule has 2 fully saturated rings. The van der Waals surface area contributed by atoms with Gasteiger partial charge in [0, 0.05) is 26.2 Å². The number of hydrogen-bond acceptors (Lipinski definition) is 6. The first kappa shape index (κ1) is 19.4. The Morgan fingerprint density at radius 2 is 1.81 bits per heavy atom. The van der Waals surface area contributed by atoms with Gasteiger partial charge >= 0.3 is 0 Å². The number of nitrogens with zero attached hydrogens (tertiary/aromatic N) is 2. The van der Waals surface area contributed by atoms with Crippen molar-refractivity contribution in [1.82, 2.24) is 9.80 Å². The molecule has 6 heteroatoms. The van der Waals surface area contributed by atoms with E-state index in [-0.39, 0.29) is 12.7 Å². The Hall–Kier alpha value is -1.34. The van der Waals surface area contributed by atoms with Crippen molar-refractivity contribution in [3.8, 4) is 11.5 Å². The van der Waals surface area contributed by atoms with E-state index in [1.165, 1.54) is 12.8 Å². The molecule has 6 nitrogen and oxygen atoms in total. The Balaban J connectivity index is 1.54. The lowest BCUT2D eigenvalue weighted by Crippen LogP contribution is -2.35. The monoisotopic (exact) mass is 364 g/mol. The average molecular weight is 364 g/mol. The first-order valence-electron chi connectivity index (χ1n) is 9.74. The summed E-state index contributed by atoms with van der Waals surface area (Å²) in [5.41, 5.74) is 1.16. The van der Waals surface area contributed by atoms with Crippen LogP contribution >= 0.6 is 0 Å². The van der Waals surface area contributed by atoms with Crippen LogP contribution in [0.15, 0.2) is 18.2 Å². The summed E-state index contributed by atoms with van der Waals surface area (Å²) < 4.78 is 11.3. The van der Waals surface area contributed by atoms with Crippen molar-refractivity contribution in [2.75, 3.05) is 46.4 Å². The molecular formula is C20H32N2O4. The van der Waals surface area contributed by atoms with E-state index in [1.54, 1.807) is 7.11 Å². The molecule has 1 aromatic carbocycles. The molecule has 0 aliphatic carbocycles. The van der Waals surface area contributed by atoms with Crippen LogP contribution in [-0.4, -0.2) is 78.7 Å². The SMILES string of the molecule is COc1ccc(CN2CCC(O)CC2)cc1OC[C@@H](O)CN1CCCC1. The van der Waals surface area contributed by atoms with Crippen LogP contribution in [0.2, 0.25) is 0 Å². The summed E-state index contributed by atoms with van der Waals surface area (Å²) in [6.45, 7) is 5.74. The van der Waals surface area contributed by atoms with E-state index in [1.807, 2.05) is 12.1 Å². The molecule has 0 aromatic heterocycles. The van der Waals surface area contributed by atoms with Gasteiger partial charge in [0.05, 0.1) is 13.2 Å². The highest BCUT2D eigenvalue weighted by molar-refractivity contribution is 5.43. The summed E-state index contributed by atoms with van der Waals surface area (Å²) in [5, 5.41) is 19.9. The van der Waals surface area contributed by atoms with Crippen LogP contribution in [0.25, 0.3) is 0 Å². The molecule has 2 aliphatic rings. The number of likely N-dealkylation sites (tertiary alicyclic amines) is 2. The standard InChI is InChI=1S/C20H32N2O4/c1-25-19-5-4-16(13-22-10-6-17(23)7-11-22)12-20(19)26-15-18(24)14-21-8-2-3-9-21/h4-5,12,17-18,23-24H,2-3,6-11,13-15H2,1H3/t18-/m0/s1. The number of β-amino-alcohol motifs (C(OH)–C–C–N with tert-alkyl or cyclic N) is 1. The number of hydrogen-bond donors (Lipinski definition) is 2. The molecule has 2 saturated heterocycles. The second-order valence-corrected chi connectivity index (χ2v) is 7.47. The minimum absolute atomic E-state index is 0.155. The van der Waals surface area contributed by atoms with E-state index in [4.69, 9.17) is 9.47 Å². The van der Waals surface area contributed by atoms with E-state index >= 15 is 0 Å². The lowest BCUT2D eigenvalue weighted by molar-refractivity contribution is 0.0742. The number of aliphatic hydroxyl groups is 2. The predicted molar refractivity (Wildman–Crippen MR) is 101 cm³/mol. The molecule has 0 amide bonds. The smallest absolute Gasteiger partial charge is 0.161 e. The van der Waals surface area contributed by atoms with Crippen molar-refractivity contribution in [1.29, 1.82) is 0 Å². The Labute approximate surface area is 156 Å². The fourth-order valence-corrected chi connectivity index (χ4v) is 3.77. The van der Waals surface area contributed by atoms with Gasteiger partial charge in [-0.15, -0.1) is 0 Å². The maximum Gasteiger partial charge on any atom is 0.161 e. The lowest BCUT2D eigenvalue weighted by Gasteiger charge is -2.29. The van der Waals surface area contributed by atoms with Crippen molar-refractivity contribution in [2.45, 2.75) is 44.4 Å². The summed E-state index contributed by atoms with van der Waals surface area (Å²) in [6.07, 6.45) is 3.46. The predicted octanol–water partition coefficient (Wildman–Crippen LogP) is 1.49. The molecule has 26 heavy (non-hydrogen) atoms. The Morgan fingerprint density at radius 1 is 1.08 bits per heavy atom. The fraction of sp³-hybridized carbons (Fsp3) is 0.700. The van der Waals surface area contributed by atoms with Crippen molar-refractivity contribution in [2.24, 2.45) is 0 Å². The van der Waals surface area contributed by atoms with Crippen molar-refractivity contribution in [3.05, 3.63) is 23.8 Å². The molecule has 0 spiro atoms. The van der Waals surface area contributed by atoms with Crippen LogP contribution in [0.5, 0.6) is 11.5 Å². The summed E-state index contributed by atoms with van der Waals surface area (Å²) in [6, 6.07) is 5.99. The van der Waals surface area contributed by atoms with Crippen molar-refractivity contribution in [3.63, 3.8) is 0 Å². The molecule has 2 aliphatic heterocycles. The molecule has 146 valence electrons. The van der Waals surface area contributed by atoms with Gasteiger partial charge in [0.15, 0.2) is 11.5 Å². The van der Waals surface area contributed by atoms with Crippen molar-refractivity contribution < 1.29 is 19.7 Å². The van der Waals surface area contributed by atoms with Crippen LogP contribution in [0, 0.1) is 0 Å². The maximum atomic E-state index is 10.3. The van der Waals surface area contributed by atoms with Crippen LogP contribution in [0.3, 0.4) is 0 Å². The highest BCUT2D eigenvalue weighted by atomic mass is 16.5. The number of rotatable bonds is 8. The average Bonchev–Trinajstić information content (AvgIpc) is 3.15. The van der Waals surface area contributed by atoms with Gasteiger partial charge in [-0.25, -0.2) is 0 Å². The normalized spacial score (nSPS) is 21.0. The molecule has 2 N–H and O–H groups in total. The van der Waals surface area contributed by atoms with Gasteiger partial charge < -0.3 is 24.6 Å². The Kier molecular flexibility index (Phi) is 7.14. The van der Waals surface area contributed by atoms with E-state index in [0.29, 0.717) is 18.0 Å². The highest BCUT2D eigenvalue weighted by Crippen LogP contribution is 2.29. The van der Waals surface area contributed by atoms with Gasteiger partial charge in [-0.05, 0) is 56.5 Å². The summed E-state index contributed by atoms with van der Waals surface area (Å²) in [5.74, 6) is 1.37. The molecule has 1 aromatic rings. The minimum atomic E-state index is -0.495. The van der Waals surface area contributed by atoms with Crippen LogP contribution in [0.1, 0.15) is 31.2 Å². The third-order valence-corrected chi connectivity index (χ3v) is 5.29. The molecule has 0 radical (unpaired) electrons. The topological polar surface area (TPSA) is 65.4 Å². The highest BCUT2D eigenvalue weighted by Gasteiger charge is 2.19. The van der Waals surface area contributed by atoms with Gasteiger partial charge in [0.2, 0.25) is 0 Å². The van der Waals surface area contributed by atoms with Crippen LogP contribution in [-0.2, 0) is 6.54 Å². The number of ether oxygens (including phenoxy) is 2. The zero-order chi connectivity index (χ0) is 18.4. The summed E-state index contributed by atoms with van der Waals surface area (Å²) in [4.78, 5) is 4.63. The zero-order valence-corrected chi connectivity index (χ0v) is 15.8. The zero-order valence-electron chi connectivity index (χ0n) is 15.8. The van der Waals surface area contributed by atoms with Gasteiger partial charge in [0.25, 0.3) is 0 Å². The third kappa shape index (κ3) is 5.58. The quantitative estimate of drug-likeness (QED) is 0.729. The van der Waals surface area contributed by atoms with Crippen LogP contribution < -0.4 is 9.47 Å². The molecule has 0 unspecified atom stereocenters. The molecular weight excluding hydrogens is 332 g/mol. The number of benzene rings is 1. The van der Waals surface area contributed by atoms with E-state index in [0.717, 1.165) is 51.1 Å². The second-order valence-electron chi connectivity index (χ2n) is 7.47. The van der Waals surface area contributed by atoms with Gasteiger partial charge in [-0.2, -0.15) is 0 Å². The Bertz CT molecular complexity index is 555. The molecule has 1 atom stereocenters. The lowest BCUT2D eigenvalue weighted by atomic mass is 10.1. The number of methoxy groups -OCH3 is 1. The summed E-state index contributed by atoms with van der Waals surface area (Å²) >= 11 is 0. The van der Waals surface area contributed by atoms with Gasteiger partial charge in [-0.3, -0.25) is 4.90 Å². The largest absolute Gasteiger partial charge is 0.493 e. The fourth-order valence-electron chi connectivity index (χ4n) is 3.77. The maximum absolute atomic E-state index is 10.3. The van der Waals surface area contributed by atoms with Crippen LogP contribution in [0.4, 0.5) is 0 Å². The molecule has 0 saturated carbocycles. The molecule has 2 heterocycles. The van der Waals surface area contributed by atoms with E-state index in [9.17, 15) is 10.2 Å². The minimum Gasteiger partial charge on any atom is -0.493 e. The molecule has 3 rings (SSSR count). The Morgan fingerprint density at radius 3 is 2.50 bits per heavy atom. The van der Waals surface area contributed by atoms with E-state index < -0.39 is 6.10 Å². The van der Waals surface area contributed by atoms with Crippen molar-refractivity contribution >= 4 is 0 Å². The van der Waals surface area contributed by atoms with Gasteiger partial charge in [-0.1, -0.05) is 6.07 Å². The number of aliphatic hydroxyl groups excluding tert-OH is 2. The number of piperidine rings is 1. The van der Waals surface area contributed by atoms with Gasteiger partial charge in [0.1, 0.15) is 12.7 Å². The first-order chi connectivity index (χ1) is 12.6. The second kappa shape index (κ2) is 9.55. The first-order valence-corrected chi connectivity index (χ1v) is 9.74. The third-order valence-electron chi connectivity index (χ3n) is 5.29. The van der Waals surface area contributed by atoms with E-state index in [2.05, 4.69) is 15.9 Å². The molecule has 0 bridgehead atoms.